The summed E-state index contributed by atoms with van der Waals surface area (Å²) in [7, 11) is 0. The van der Waals surface area contributed by atoms with Crippen LogP contribution in [-0.2, 0) is 10.5 Å². The lowest BCUT2D eigenvalue weighted by atomic mass is 10.2. The molecule has 0 unspecified atom stereocenters. The van der Waals surface area contributed by atoms with Crippen molar-refractivity contribution < 1.29 is 19.1 Å². The van der Waals surface area contributed by atoms with Crippen LogP contribution in [-0.4, -0.2) is 40.7 Å². The molecule has 110 valence electrons. The van der Waals surface area contributed by atoms with Crippen LogP contribution in [0.4, 0.5) is 0 Å². The van der Waals surface area contributed by atoms with Gasteiger partial charge in [-0.15, -0.1) is 0 Å². The van der Waals surface area contributed by atoms with Crippen LogP contribution in [0.3, 0.4) is 0 Å². The van der Waals surface area contributed by atoms with E-state index in [2.05, 4.69) is 0 Å². The van der Waals surface area contributed by atoms with E-state index in [-0.39, 0.29) is 24.3 Å². The SMILES string of the molecule is CSCc1ccc(C(=O)N(CC(=O)O)C2CCCC2)o1. The van der Waals surface area contributed by atoms with Gasteiger partial charge in [-0.3, -0.25) is 9.59 Å². The second kappa shape index (κ2) is 6.83. The Morgan fingerprint density at radius 1 is 1.40 bits per heavy atom. The Kier molecular flexibility index (Phi) is 5.11. The van der Waals surface area contributed by atoms with Crippen molar-refractivity contribution in [2.75, 3.05) is 12.8 Å². The van der Waals surface area contributed by atoms with Gasteiger partial charge in [0, 0.05) is 6.04 Å². The molecular weight excluding hydrogens is 278 g/mol. The van der Waals surface area contributed by atoms with Gasteiger partial charge < -0.3 is 14.4 Å². The maximum Gasteiger partial charge on any atom is 0.323 e. The first kappa shape index (κ1) is 15.0. The minimum Gasteiger partial charge on any atom is -0.480 e. The summed E-state index contributed by atoms with van der Waals surface area (Å²) >= 11 is 1.61. The third kappa shape index (κ3) is 3.56. The van der Waals surface area contributed by atoms with E-state index in [4.69, 9.17) is 9.52 Å². The molecule has 1 fully saturated rings. The molecule has 1 heterocycles. The number of thioether (sulfide) groups is 1. The highest BCUT2D eigenvalue weighted by molar-refractivity contribution is 7.97. The number of hydrogen-bond donors (Lipinski definition) is 1. The molecule has 20 heavy (non-hydrogen) atoms. The molecule has 0 saturated heterocycles. The highest BCUT2D eigenvalue weighted by Crippen LogP contribution is 2.25. The van der Waals surface area contributed by atoms with Crippen LogP contribution in [0.2, 0.25) is 0 Å². The molecule has 1 aliphatic rings. The highest BCUT2D eigenvalue weighted by atomic mass is 32.2. The third-order valence-corrected chi connectivity index (χ3v) is 4.06. The molecule has 0 aliphatic heterocycles. The van der Waals surface area contributed by atoms with Crippen molar-refractivity contribution in [1.82, 2.24) is 4.90 Å². The monoisotopic (exact) mass is 297 g/mol. The fourth-order valence-electron chi connectivity index (χ4n) is 2.58. The molecule has 5 nitrogen and oxygen atoms in total. The number of carbonyl (C=O) groups excluding carboxylic acids is 1. The number of aliphatic carboxylic acids is 1. The van der Waals surface area contributed by atoms with Gasteiger partial charge in [0.25, 0.3) is 5.91 Å². The standard InChI is InChI=1S/C14H19NO4S/c1-20-9-11-6-7-12(19-11)14(18)15(8-13(16)17)10-4-2-3-5-10/h6-7,10H,2-5,8-9H2,1H3,(H,16,17). The third-order valence-electron chi connectivity index (χ3n) is 3.49. The lowest BCUT2D eigenvalue weighted by Crippen LogP contribution is -2.42. The zero-order valence-electron chi connectivity index (χ0n) is 11.5. The molecule has 0 spiro atoms. The first-order chi connectivity index (χ1) is 9.61. The number of carboxylic acids is 1. The molecule has 0 aromatic carbocycles. The summed E-state index contributed by atoms with van der Waals surface area (Å²) in [4.78, 5) is 24.9. The van der Waals surface area contributed by atoms with Gasteiger partial charge in [0.05, 0.1) is 5.75 Å². The van der Waals surface area contributed by atoms with Crippen LogP contribution in [0.1, 0.15) is 42.0 Å². The molecule has 1 aromatic heterocycles. The van der Waals surface area contributed by atoms with Gasteiger partial charge in [-0.25, -0.2) is 0 Å². The van der Waals surface area contributed by atoms with E-state index in [0.717, 1.165) is 31.4 Å². The number of rotatable bonds is 6. The summed E-state index contributed by atoms with van der Waals surface area (Å²) in [6.45, 7) is -0.262. The predicted octanol–water partition coefficient (Wildman–Crippen LogP) is 2.61. The van der Waals surface area contributed by atoms with E-state index in [9.17, 15) is 9.59 Å². The van der Waals surface area contributed by atoms with Crippen LogP contribution >= 0.6 is 11.8 Å². The summed E-state index contributed by atoms with van der Waals surface area (Å²) < 4.78 is 5.50. The van der Waals surface area contributed by atoms with Gasteiger partial charge in [-0.1, -0.05) is 12.8 Å². The number of amides is 1. The zero-order chi connectivity index (χ0) is 14.5. The fraction of sp³-hybridized carbons (Fsp3) is 0.571. The van der Waals surface area contributed by atoms with Crippen LogP contribution < -0.4 is 0 Å². The number of furan rings is 1. The molecule has 1 amide bonds. The zero-order valence-corrected chi connectivity index (χ0v) is 12.3. The van der Waals surface area contributed by atoms with E-state index in [1.165, 1.54) is 4.90 Å². The topological polar surface area (TPSA) is 70.8 Å². The quantitative estimate of drug-likeness (QED) is 0.874. The Morgan fingerprint density at radius 3 is 2.70 bits per heavy atom. The number of hydrogen-bond acceptors (Lipinski definition) is 4. The van der Waals surface area contributed by atoms with Crippen molar-refractivity contribution >= 4 is 23.6 Å². The minimum absolute atomic E-state index is 0.0210. The van der Waals surface area contributed by atoms with Gasteiger partial charge in [0.1, 0.15) is 12.3 Å². The van der Waals surface area contributed by atoms with Crippen LogP contribution in [0, 0.1) is 0 Å². The molecule has 2 rings (SSSR count). The van der Waals surface area contributed by atoms with Crippen molar-refractivity contribution in [3.63, 3.8) is 0 Å². The van der Waals surface area contributed by atoms with Gasteiger partial charge in [-0.05, 0) is 31.2 Å². The summed E-state index contributed by atoms with van der Waals surface area (Å²) in [6, 6.07) is 3.43. The Morgan fingerprint density at radius 2 is 2.10 bits per heavy atom. The number of nitrogens with zero attached hydrogens (tertiary/aromatic N) is 1. The lowest BCUT2D eigenvalue weighted by molar-refractivity contribution is -0.138. The van der Waals surface area contributed by atoms with Crippen molar-refractivity contribution in [2.45, 2.75) is 37.5 Å². The maximum absolute atomic E-state index is 12.4. The van der Waals surface area contributed by atoms with Crippen molar-refractivity contribution in [2.24, 2.45) is 0 Å². The first-order valence-corrected chi connectivity index (χ1v) is 8.11. The number of carbonyl (C=O) groups is 2. The number of carboxylic acid groups (broad SMARTS) is 1. The smallest absolute Gasteiger partial charge is 0.323 e. The summed E-state index contributed by atoms with van der Waals surface area (Å²) in [5.41, 5.74) is 0. The largest absolute Gasteiger partial charge is 0.480 e. The Bertz CT molecular complexity index is 479. The van der Waals surface area contributed by atoms with E-state index in [1.54, 1.807) is 23.9 Å². The van der Waals surface area contributed by atoms with Gasteiger partial charge in [-0.2, -0.15) is 11.8 Å². The molecule has 1 aliphatic carbocycles. The minimum atomic E-state index is -0.985. The predicted molar refractivity (Wildman–Crippen MR) is 76.9 cm³/mol. The molecule has 1 N–H and O–H groups in total. The van der Waals surface area contributed by atoms with E-state index < -0.39 is 5.97 Å². The molecule has 0 radical (unpaired) electrons. The van der Waals surface area contributed by atoms with Crippen LogP contribution in [0.25, 0.3) is 0 Å². The van der Waals surface area contributed by atoms with E-state index >= 15 is 0 Å². The summed E-state index contributed by atoms with van der Waals surface area (Å²) in [6.07, 6.45) is 5.79. The van der Waals surface area contributed by atoms with Crippen molar-refractivity contribution in [3.05, 3.63) is 23.7 Å². The molecule has 0 atom stereocenters. The van der Waals surface area contributed by atoms with Crippen molar-refractivity contribution in [3.8, 4) is 0 Å². The Hall–Kier alpha value is -1.43. The normalized spacial score (nSPS) is 15.4. The highest BCUT2D eigenvalue weighted by Gasteiger charge is 2.30. The summed E-state index contributed by atoms with van der Waals surface area (Å²) in [5, 5.41) is 9.00. The Labute approximate surface area is 122 Å². The van der Waals surface area contributed by atoms with Crippen molar-refractivity contribution in [1.29, 1.82) is 0 Å². The fourth-order valence-corrected chi connectivity index (χ4v) is 3.02. The second-order valence-electron chi connectivity index (χ2n) is 4.96. The average molecular weight is 297 g/mol. The average Bonchev–Trinajstić information content (AvgIpc) is 3.06. The van der Waals surface area contributed by atoms with Gasteiger partial charge in [0.2, 0.25) is 0 Å². The Balaban J connectivity index is 2.13. The molecule has 0 bridgehead atoms. The second-order valence-corrected chi connectivity index (χ2v) is 5.83. The summed E-state index contributed by atoms with van der Waals surface area (Å²) in [5.74, 6) is 0.382. The lowest BCUT2D eigenvalue weighted by Gasteiger charge is -2.26. The van der Waals surface area contributed by atoms with Gasteiger partial charge >= 0.3 is 5.97 Å². The molecule has 1 aromatic rings. The van der Waals surface area contributed by atoms with Gasteiger partial charge in [0.15, 0.2) is 5.76 Å². The van der Waals surface area contributed by atoms with E-state index in [0.29, 0.717) is 5.75 Å². The van der Waals surface area contributed by atoms with Crippen LogP contribution in [0.5, 0.6) is 0 Å². The molecule has 6 heteroatoms. The maximum atomic E-state index is 12.4. The van der Waals surface area contributed by atoms with Crippen LogP contribution in [0.15, 0.2) is 16.5 Å². The first-order valence-electron chi connectivity index (χ1n) is 6.72. The van der Waals surface area contributed by atoms with E-state index in [1.807, 2.05) is 6.26 Å². The molecule has 1 saturated carbocycles. The molecular formula is C14H19NO4S.